The van der Waals surface area contributed by atoms with E-state index >= 15 is 0 Å². The van der Waals surface area contributed by atoms with Crippen LogP contribution in [0.3, 0.4) is 0 Å². The fourth-order valence-electron chi connectivity index (χ4n) is 5.15. The average Bonchev–Trinajstić information content (AvgIpc) is 3.44. The molecular formula is C33H33ClN2O4. The summed E-state index contributed by atoms with van der Waals surface area (Å²) >= 11 is 6.10. The van der Waals surface area contributed by atoms with E-state index in [1.807, 2.05) is 60.7 Å². The number of ether oxygens (including phenoxy) is 3. The molecule has 1 saturated carbocycles. The second-order valence-electron chi connectivity index (χ2n) is 9.89. The highest BCUT2D eigenvalue weighted by molar-refractivity contribution is 6.30. The molecule has 7 heteroatoms. The molecule has 206 valence electrons. The first-order valence-electron chi connectivity index (χ1n) is 13.6. The summed E-state index contributed by atoms with van der Waals surface area (Å²) in [4.78, 5) is 11.6. The van der Waals surface area contributed by atoms with Gasteiger partial charge in [-0.25, -0.2) is 4.79 Å². The summed E-state index contributed by atoms with van der Waals surface area (Å²) in [5.74, 6) is 1.15. The second kappa shape index (κ2) is 12.9. The Balaban J connectivity index is 1.37. The minimum Gasteiger partial charge on any atom is -0.497 e. The van der Waals surface area contributed by atoms with Crippen molar-refractivity contribution in [2.24, 2.45) is 0 Å². The Morgan fingerprint density at radius 2 is 1.62 bits per heavy atom. The van der Waals surface area contributed by atoms with Crippen LogP contribution < -0.4 is 9.47 Å². The van der Waals surface area contributed by atoms with E-state index in [-0.39, 0.29) is 0 Å². The summed E-state index contributed by atoms with van der Waals surface area (Å²) in [6.45, 7) is 0.386. The van der Waals surface area contributed by atoms with Crippen molar-refractivity contribution in [1.29, 1.82) is 0 Å². The Labute approximate surface area is 240 Å². The molecule has 0 bridgehead atoms. The molecular weight excluding hydrogens is 524 g/mol. The van der Waals surface area contributed by atoms with Gasteiger partial charge in [0.15, 0.2) is 0 Å². The molecule has 5 rings (SSSR count). The van der Waals surface area contributed by atoms with Gasteiger partial charge in [-0.15, -0.1) is 0 Å². The fourth-order valence-corrected chi connectivity index (χ4v) is 5.27. The highest BCUT2D eigenvalue weighted by Crippen LogP contribution is 2.34. The number of carbonyl (C=O) groups excluding carboxylic acids is 1. The fraction of sp³-hybridized carbons (Fsp3) is 0.273. The van der Waals surface area contributed by atoms with E-state index in [0.29, 0.717) is 17.7 Å². The van der Waals surface area contributed by atoms with Crippen molar-refractivity contribution in [1.82, 2.24) is 9.78 Å². The molecule has 6 nitrogen and oxygen atoms in total. The van der Waals surface area contributed by atoms with Crippen molar-refractivity contribution in [3.63, 3.8) is 0 Å². The number of rotatable bonds is 9. The molecule has 1 aromatic heterocycles. The summed E-state index contributed by atoms with van der Waals surface area (Å²) in [5, 5.41) is 5.55. The first-order valence-corrected chi connectivity index (χ1v) is 13.9. The third-order valence-corrected chi connectivity index (χ3v) is 7.53. The standard InChI is InChI=1S/C33H33ClN2O4/c1-38-30-17-18-31(23-8-12-26(34)13-9-23)25(20-30)22-40-29-15-10-24(11-16-29)32-21-27(14-19-33(37)39-2)35-36(32)28-6-4-3-5-7-28/h8-21,28H,3-7,22H2,1-2H3. The smallest absolute Gasteiger partial charge is 0.330 e. The first-order chi connectivity index (χ1) is 19.5. The lowest BCUT2D eigenvalue weighted by Gasteiger charge is -2.24. The summed E-state index contributed by atoms with van der Waals surface area (Å²) in [6.07, 6.45) is 8.99. The van der Waals surface area contributed by atoms with Gasteiger partial charge in [0.25, 0.3) is 0 Å². The van der Waals surface area contributed by atoms with Gasteiger partial charge in [0.05, 0.1) is 31.6 Å². The predicted molar refractivity (Wildman–Crippen MR) is 159 cm³/mol. The Morgan fingerprint density at radius 1 is 0.925 bits per heavy atom. The van der Waals surface area contributed by atoms with E-state index < -0.39 is 5.97 Å². The molecule has 0 saturated heterocycles. The highest BCUT2D eigenvalue weighted by Gasteiger charge is 2.20. The monoisotopic (exact) mass is 556 g/mol. The van der Waals surface area contributed by atoms with Crippen molar-refractivity contribution in [3.05, 3.63) is 95.2 Å². The minimum absolute atomic E-state index is 0.347. The third-order valence-electron chi connectivity index (χ3n) is 7.28. The first kappa shape index (κ1) is 27.5. The SMILES string of the molecule is COC(=O)C=Cc1cc(-c2ccc(OCc3cc(OC)ccc3-c3ccc(Cl)cc3)cc2)n(C2CCCCC2)n1. The maximum atomic E-state index is 11.6. The van der Waals surface area contributed by atoms with Crippen molar-refractivity contribution in [3.8, 4) is 33.9 Å². The van der Waals surface area contributed by atoms with E-state index in [2.05, 4.69) is 16.8 Å². The van der Waals surface area contributed by atoms with Gasteiger partial charge >= 0.3 is 5.97 Å². The lowest BCUT2D eigenvalue weighted by Crippen LogP contribution is -2.15. The van der Waals surface area contributed by atoms with Gasteiger partial charge < -0.3 is 14.2 Å². The zero-order chi connectivity index (χ0) is 27.9. The highest BCUT2D eigenvalue weighted by atomic mass is 35.5. The van der Waals surface area contributed by atoms with E-state index in [1.54, 1.807) is 13.2 Å². The Bertz CT molecular complexity index is 1470. The molecule has 0 radical (unpaired) electrons. The van der Waals surface area contributed by atoms with Crippen LogP contribution in [0.25, 0.3) is 28.5 Å². The average molecular weight is 557 g/mol. The quantitative estimate of drug-likeness (QED) is 0.154. The maximum absolute atomic E-state index is 11.6. The molecule has 1 aliphatic carbocycles. The number of esters is 1. The number of hydrogen-bond acceptors (Lipinski definition) is 5. The van der Waals surface area contributed by atoms with Crippen LogP contribution in [0.5, 0.6) is 11.5 Å². The molecule has 0 N–H and O–H groups in total. The van der Waals surface area contributed by atoms with Crippen molar-refractivity contribution in [2.45, 2.75) is 44.8 Å². The van der Waals surface area contributed by atoms with Gasteiger partial charge in [0, 0.05) is 22.2 Å². The normalized spacial score (nSPS) is 13.9. The van der Waals surface area contributed by atoms with Crippen LogP contribution >= 0.6 is 11.6 Å². The molecule has 1 aliphatic rings. The number of nitrogens with zero attached hydrogens (tertiary/aromatic N) is 2. The summed E-state index contributed by atoms with van der Waals surface area (Å²) in [7, 11) is 3.03. The lowest BCUT2D eigenvalue weighted by atomic mass is 9.95. The number of methoxy groups -OCH3 is 2. The molecule has 0 amide bonds. The number of carbonyl (C=O) groups is 1. The molecule has 40 heavy (non-hydrogen) atoms. The molecule has 0 atom stereocenters. The van der Waals surface area contributed by atoms with Gasteiger partial charge in [-0.05, 0) is 84.6 Å². The van der Waals surface area contributed by atoms with Crippen LogP contribution in [0.15, 0.2) is 78.9 Å². The molecule has 0 aliphatic heterocycles. The zero-order valence-corrected chi connectivity index (χ0v) is 23.6. The molecule has 4 aromatic rings. The van der Waals surface area contributed by atoms with E-state index in [0.717, 1.165) is 58.0 Å². The summed E-state index contributed by atoms with van der Waals surface area (Å²) in [5.41, 5.74) is 5.96. The van der Waals surface area contributed by atoms with Gasteiger partial charge in [0.2, 0.25) is 0 Å². The largest absolute Gasteiger partial charge is 0.497 e. The molecule has 0 spiro atoms. The third kappa shape index (κ3) is 6.57. The number of benzene rings is 3. The lowest BCUT2D eigenvalue weighted by molar-refractivity contribution is -0.134. The summed E-state index contributed by atoms with van der Waals surface area (Å²) in [6, 6.07) is 24.3. The second-order valence-corrected chi connectivity index (χ2v) is 10.3. The molecule has 3 aromatic carbocycles. The van der Waals surface area contributed by atoms with Crippen LogP contribution in [0.4, 0.5) is 0 Å². The van der Waals surface area contributed by atoms with Crippen LogP contribution in [0.1, 0.15) is 49.4 Å². The van der Waals surface area contributed by atoms with Crippen LogP contribution in [0, 0.1) is 0 Å². The van der Waals surface area contributed by atoms with Gasteiger partial charge in [-0.3, -0.25) is 4.68 Å². The van der Waals surface area contributed by atoms with Crippen LogP contribution in [-0.4, -0.2) is 30.0 Å². The summed E-state index contributed by atoms with van der Waals surface area (Å²) < 4.78 is 18.6. The minimum atomic E-state index is -0.398. The van der Waals surface area contributed by atoms with Crippen LogP contribution in [0.2, 0.25) is 5.02 Å². The Kier molecular flexibility index (Phi) is 8.87. The van der Waals surface area contributed by atoms with Crippen molar-refractivity contribution < 1.29 is 19.0 Å². The van der Waals surface area contributed by atoms with E-state index in [9.17, 15) is 4.79 Å². The van der Waals surface area contributed by atoms with Crippen LogP contribution in [-0.2, 0) is 16.1 Å². The zero-order valence-electron chi connectivity index (χ0n) is 22.8. The topological polar surface area (TPSA) is 62.6 Å². The predicted octanol–water partition coefficient (Wildman–Crippen LogP) is 8.15. The maximum Gasteiger partial charge on any atom is 0.330 e. The van der Waals surface area contributed by atoms with Gasteiger partial charge in [-0.1, -0.05) is 49.1 Å². The van der Waals surface area contributed by atoms with Crippen molar-refractivity contribution in [2.75, 3.05) is 14.2 Å². The molecule has 1 fully saturated rings. The van der Waals surface area contributed by atoms with E-state index in [4.69, 9.17) is 30.9 Å². The Hall–Kier alpha value is -4.03. The number of aromatic nitrogens is 2. The number of hydrogen-bond donors (Lipinski definition) is 0. The van der Waals surface area contributed by atoms with Gasteiger partial charge in [0.1, 0.15) is 18.1 Å². The molecule has 0 unspecified atom stereocenters. The Morgan fingerprint density at radius 3 is 2.33 bits per heavy atom. The van der Waals surface area contributed by atoms with Gasteiger partial charge in [-0.2, -0.15) is 5.10 Å². The number of halogens is 1. The van der Waals surface area contributed by atoms with E-state index in [1.165, 1.54) is 32.4 Å². The van der Waals surface area contributed by atoms with Crippen molar-refractivity contribution >= 4 is 23.6 Å². The molecule has 1 heterocycles.